The molecule has 6 atom stereocenters. The fourth-order valence-corrected chi connectivity index (χ4v) is 9.75. The minimum Gasteiger partial charge on any atom is -0.479 e. The van der Waals surface area contributed by atoms with E-state index in [1.54, 1.807) is 0 Å². The molecule has 0 saturated carbocycles. The summed E-state index contributed by atoms with van der Waals surface area (Å²) in [4.78, 5) is 51.2. The maximum Gasteiger partial charge on any atom is 0.335 e. The average Bonchev–Trinajstić information content (AvgIpc) is 3.42. The van der Waals surface area contributed by atoms with E-state index in [1.165, 1.54) is 128 Å². The number of esters is 3. The molecular formula is C65H116O12. The van der Waals surface area contributed by atoms with E-state index in [1.807, 2.05) is 0 Å². The van der Waals surface area contributed by atoms with E-state index in [4.69, 9.17) is 23.7 Å². The molecule has 448 valence electrons. The van der Waals surface area contributed by atoms with Crippen LogP contribution in [-0.4, -0.2) is 89.2 Å². The van der Waals surface area contributed by atoms with Gasteiger partial charge in [-0.1, -0.05) is 243 Å². The lowest BCUT2D eigenvalue weighted by Gasteiger charge is -2.40. The first-order chi connectivity index (χ1) is 37.6. The zero-order chi connectivity index (χ0) is 56.1. The molecule has 77 heavy (non-hydrogen) atoms. The van der Waals surface area contributed by atoms with Gasteiger partial charge in [0.05, 0.1) is 6.61 Å². The Labute approximate surface area is 470 Å². The summed E-state index contributed by atoms with van der Waals surface area (Å²) in [5.74, 6) is -3.11. The molecule has 1 heterocycles. The van der Waals surface area contributed by atoms with Crippen LogP contribution in [0.5, 0.6) is 0 Å². The molecular weight excluding hydrogens is 973 g/mol. The highest BCUT2D eigenvalue weighted by Crippen LogP contribution is 2.27. The van der Waals surface area contributed by atoms with Crippen LogP contribution in [0.25, 0.3) is 0 Å². The first-order valence-corrected chi connectivity index (χ1v) is 32.0. The lowest BCUT2D eigenvalue weighted by Crippen LogP contribution is -2.61. The monoisotopic (exact) mass is 1090 g/mol. The van der Waals surface area contributed by atoms with E-state index in [9.17, 15) is 34.5 Å². The van der Waals surface area contributed by atoms with Gasteiger partial charge in [-0.2, -0.15) is 0 Å². The lowest BCUT2D eigenvalue weighted by molar-refractivity contribution is -0.301. The van der Waals surface area contributed by atoms with Crippen molar-refractivity contribution < 1.29 is 58.2 Å². The first kappa shape index (κ1) is 72.0. The number of hydrogen-bond acceptors (Lipinski definition) is 11. The van der Waals surface area contributed by atoms with Gasteiger partial charge in [0.2, 0.25) is 0 Å². The quantitative estimate of drug-likeness (QED) is 0.0228. The number of aliphatic hydroxyl groups is 2. The SMILES string of the molecule is CCCCC/C=C\C/C=C\CCCCCCCCCC(=O)OC1C(OCC(COC(=O)CCCCCCCCCCCCCCCCCCC)OC(=O)CCCCCCC/C=C\CCCCCC)OC(C(=O)O)C(O)C1O. The van der Waals surface area contributed by atoms with E-state index < -0.39 is 67.3 Å². The highest BCUT2D eigenvalue weighted by Gasteiger charge is 2.50. The largest absolute Gasteiger partial charge is 0.479 e. The number of carboxylic acids is 1. The minimum absolute atomic E-state index is 0.0537. The smallest absolute Gasteiger partial charge is 0.335 e. The van der Waals surface area contributed by atoms with Crippen molar-refractivity contribution in [2.45, 2.75) is 340 Å². The molecule has 1 rings (SSSR count). The molecule has 12 nitrogen and oxygen atoms in total. The molecule has 0 aromatic heterocycles. The third kappa shape index (κ3) is 43.4. The van der Waals surface area contributed by atoms with Gasteiger partial charge >= 0.3 is 23.9 Å². The van der Waals surface area contributed by atoms with Gasteiger partial charge in [0.15, 0.2) is 24.6 Å². The fourth-order valence-electron chi connectivity index (χ4n) is 9.75. The van der Waals surface area contributed by atoms with Crippen LogP contribution in [0.1, 0.15) is 303 Å². The predicted octanol–water partition coefficient (Wildman–Crippen LogP) is 16.8. The maximum absolute atomic E-state index is 13.2. The molecule has 0 amide bonds. The highest BCUT2D eigenvalue weighted by molar-refractivity contribution is 5.74. The third-order valence-electron chi connectivity index (χ3n) is 14.7. The molecule has 3 N–H and O–H groups in total. The first-order valence-electron chi connectivity index (χ1n) is 32.0. The topological polar surface area (TPSA) is 175 Å². The number of carboxylic acid groups (broad SMARTS) is 1. The van der Waals surface area contributed by atoms with E-state index >= 15 is 0 Å². The average molecular weight is 1090 g/mol. The summed E-state index contributed by atoms with van der Waals surface area (Å²) in [5, 5.41) is 31.5. The van der Waals surface area contributed by atoms with E-state index in [0.717, 1.165) is 116 Å². The van der Waals surface area contributed by atoms with Crippen molar-refractivity contribution in [2.24, 2.45) is 0 Å². The second-order valence-corrected chi connectivity index (χ2v) is 22.0. The van der Waals surface area contributed by atoms with Gasteiger partial charge < -0.3 is 39.0 Å². The number of carbonyl (C=O) groups is 4. The van der Waals surface area contributed by atoms with Crippen LogP contribution >= 0.6 is 0 Å². The number of hydrogen-bond donors (Lipinski definition) is 3. The molecule has 0 aromatic carbocycles. The summed E-state index contributed by atoms with van der Waals surface area (Å²) in [6.45, 7) is 5.98. The van der Waals surface area contributed by atoms with Gasteiger partial charge in [-0.05, 0) is 77.0 Å². The van der Waals surface area contributed by atoms with Gasteiger partial charge in [-0.25, -0.2) is 4.79 Å². The molecule has 1 fully saturated rings. The summed E-state index contributed by atoms with van der Waals surface area (Å²) in [6.07, 6.45) is 51.0. The lowest BCUT2D eigenvalue weighted by atomic mass is 9.98. The van der Waals surface area contributed by atoms with E-state index in [0.29, 0.717) is 19.3 Å². The van der Waals surface area contributed by atoms with Crippen LogP contribution in [0, 0.1) is 0 Å². The Bertz CT molecular complexity index is 1480. The maximum atomic E-state index is 13.2. The second kappa shape index (κ2) is 53.6. The molecule has 0 aromatic rings. The number of carbonyl (C=O) groups excluding carboxylic acids is 3. The van der Waals surface area contributed by atoms with Crippen molar-refractivity contribution in [3.05, 3.63) is 36.5 Å². The summed E-state index contributed by atoms with van der Waals surface area (Å²) in [5.41, 5.74) is 0. The van der Waals surface area contributed by atoms with Crippen LogP contribution < -0.4 is 0 Å². The Morgan fingerprint density at radius 2 is 0.779 bits per heavy atom. The van der Waals surface area contributed by atoms with Crippen molar-refractivity contribution in [2.75, 3.05) is 13.2 Å². The van der Waals surface area contributed by atoms with Crippen molar-refractivity contribution in [3.63, 3.8) is 0 Å². The van der Waals surface area contributed by atoms with Crippen LogP contribution in [-0.2, 0) is 42.9 Å². The predicted molar refractivity (Wildman–Crippen MR) is 313 cm³/mol. The van der Waals surface area contributed by atoms with Crippen molar-refractivity contribution >= 4 is 23.9 Å². The third-order valence-corrected chi connectivity index (χ3v) is 14.7. The molecule has 1 aliphatic rings. The molecule has 12 heteroatoms. The summed E-state index contributed by atoms with van der Waals surface area (Å²) < 4.78 is 28.5. The summed E-state index contributed by atoms with van der Waals surface area (Å²) in [7, 11) is 0. The molecule has 6 unspecified atom stereocenters. The Morgan fingerprint density at radius 3 is 1.22 bits per heavy atom. The van der Waals surface area contributed by atoms with Gasteiger partial charge in [-0.15, -0.1) is 0 Å². The van der Waals surface area contributed by atoms with Gasteiger partial charge in [0, 0.05) is 19.3 Å². The van der Waals surface area contributed by atoms with Gasteiger partial charge in [-0.3, -0.25) is 14.4 Å². The minimum atomic E-state index is -1.90. The molecule has 0 spiro atoms. The van der Waals surface area contributed by atoms with Crippen LogP contribution in [0.3, 0.4) is 0 Å². The molecule has 0 bridgehead atoms. The van der Waals surface area contributed by atoms with Gasteiger partial charge in [0.25, 0.3) is 0 Å². The molecule has 0 aliphatic carbocycles. The van der Waals surface area contributed by atoms with Crippen molar-refractivity contribution in [1.29, 1.82) is 0 Å². The number of aliphatic hydroxyl groups excluding tert-OH is 2. The van der Waals surface area contributed by atoms with Crippen LogP contribution in [0.2, 0.25) is 0 Å². The number of ether oxygens (including phenoxy) is 5. The Balaban J connectivity index is 2.65. The number of aliphatic carboxylic acids is 1. The highest BCUT2D eigenvalue weighted by atomic mass is 16.7. The number of allylic oxidation sites excluding steroid dienone is 6. The number of rotatable bonds is 55. The summed E-state index contributed by atoms with van der Waals surface area (Å²) >= 11 is 0. The zero-order valence-corrected chi connectivity index (χ0v) is 49.5. The molecule has 0 radical (unpaired) electrons. The fraction of sp³-hybridized carbons (Fsp3) is 0.846. The number of unbranched alkanes of at least 4 members (excludes halogenated alkanes) is 35. The Hall–Kier alpha value is -3.06. The van der Waals surface area contributed by atoms with E-state index in [2.05, 4.69) is 57.2 Å². The van der Waals surface area contributed by atoms with Crippen LogP contribution in [0.15, 0.2) is 36.5 Å². The Kier molecular flexibility index (Phi) is 50.1. The second-order valence-electron chi connectivity index (χ2n) is 22.0. The summed E-state index contributed by atoms with van der Waals surface area (Å²) in [6, 6.07) is 0. The van der Waals surface area contributed by atoms with Crippen LogP contribution in [0.4, 0.5) is 0 Å². The zero-order valence-electron chi connectivity index (χ0n) is 49.5. The van der Waals surface area contributed by atoms with Gasteiger partial charge in [0.1, 0.15) is 18.8 Å². The molecule has 1 saturated heterocycles. The van der Waals surface area contributed by atoms with Crippen molar-refractivity contribution in [1.82, 2.24) is 0 Å². The van der Waals surface area contributed by atoms with E-state index in [-0.39, 0.29) is 25.9 Å². The standard InChI is InChI=1S/C65H116O12/c1-4-7-10-13-16-19-22-25-27-29-31-34-36-39-42-45-48-51-57(66)73-54-56(75-58(67)52-49-46-43-40-37-33-24-21-18-15-12-9-6-3)55-74-65-63(61(70)60(69)62(77-65)64(71)72)76-59(68)53-50-47-44-41-38-35-32-30-28-26-23-20-17-14-11-8-5-2/h17,20-21,24,26,28,56,60-63,65,69-70H,4-16,18-19,22-23,25,27,29-55H2,1-3H3,(H,71,72)/b20-17-,24-21-,28-26-. The van der Waals surface area contributed by atoms with Crippen molar-refractivity contribution in [3.8, 4) is 0 Å². The Morgan fingerprint density at radius 1 is 0.429 bits per heavy atom. The molecule has 1 aliphatic heterocycles. The normalized spacial score (nSPS) is 18.2.